The van der Waals surface area contributed by atoms with Crippen LogP contribution in [0.25, 0.3) is 0 Å². The van der Waals surface area contributed by atoms with Crippen molar-refractivity contribution in [2.45, 2.75) is 37.6 Å². The van der Waals surface area contributed by atoms with E-state index >= 15 is 0 Å². The van der Waals surface area contributed by atoms with Crippen LogP contribution < -0.4 is 5.73 Å². The summed E-state index contributed by atoms with van der Waals surface area (Å²) >= 11 is 0. The van der Waals surface area contributed by atoms with Gasteiger partial charge < -0.3 is 5.73 Å². The zero-order valence-corrected chi connectivity index (χ0v) is 8.82. The predicted octanol–water partition coefficient (Wildman–Crippen LogP) is 2.54. The molecule has 2 nitrogen and oxygen atoms in total. The Hall–Kier alpha value is -1.33. The van der Waals surface area contributed by atoms with Gasteiger partial charge in [-0.15, -0.1) is 0 Å². The molecule has 1 aliphatic carbocycles. The standard InChI is InChI=1S/C13H16N2/c14-9-11-4-1-2-7-13(11)10-5-3-6-12(15)8-10/h1-2,4,7,10,12H,3,5-6,8,15H2. The zero-order chi connectivity index (χ0) is 10.7. The van der Waals surface area contributed by atoms with E-state index in [0.29, 0.717) is 12.0 Å². The monoisotopic (exact) mass is 200 g/mol. The summed E-state index contributed by atoms with van der Waals surface area (Å²) in [7, 11) is 0. The Morgan fingerprint density at radius 3 is 2.80 bits per heavy atom. The maximum Gasteiger partial charge on any atom is 0.0994 e. The molecule has 78 valence electrons. The third-order valence-electron chi connectivity index (χ3n) is 3.24. The smallest absolute Gasteiger partial charge is 0.0994 e. The van der Waals surface area contributed by atoms with Gasteiger partial charge in [-0.05, 0) is 36.8 Å². The highest BCUT2D eigenvalue weighted by atomic mass is 14.6. The fraction of sp³-hybridized carbons (Fsp3) is 0.462. The predicted molar refractivity (Wildman–Crippen MR) is 60.3 cm³/mol. The van der Waals surface area contributed by atoms with Crippen molar-refractivity contribution >= 4 is 0 Å². The Morgan fingerprint density at radius 1 is 1.27 bits per heavy atom. The highest BCUT2D eigenvalue weighted by Crippen LogP contribution is 2.33. The lowest BCUT2D eigenvalue weighted by Crippen LogP contribution is -2.27. The SMILES string of the molecule is N#Cc1ccccc1C1CCCC(N)C1. The largest absolute Gasteiger partial charge is 0.328 e. The Kier molecular flexibility index (Phi) is 3.03. The minimum absolute atomic E-state index is 0.315. The molecule has 0 spiro atoms. The van der Waals surface area contributed by atoms with E-state index in [1.54, 1.807) is 0 Å². The molecule has 2 N–H and O–H groups in total. The van der Waals surface area contributed by atoms with Crippen LogP contribution in [0.3, 0.4) is 0 Å². The highest BCUT2D eigenvalue weighted by Gasteiger charge is 2.22. The molecule has 1 saturated carbocycles. The highest BCUT2D eigenvalue weighted by molar-refractivity contribution is 5.39. The molecule has 2 heteroatoms. The molecule has 0 amide bonds. The fourth-order valence-corrected chi connectivity index (χ4v) is 2.46. The maximum atomic E-state index is 9.03. The Morgan fingerprint density at radius 2 is 2.07 bits per heavy atom. The van der Waals surface area contributed by atoms with Crippen molar-refractivity contribution in [3.63, 3.8) is 0 Å². The van der Waals surface area contributed by atoms with Crippen molar-refractivity contribution < 1.29 is 0 Å². The lowest BCUT2D eigenvalue weighted by Gasteiger charge is -2.27. The van der Waals surface area contributed by atoms with Crippen molar-refractivity contribution in [3.8, 4) is 6.07 Å². The van der Waals surface area contributed by atoms with Crippen LogP contribution >= 0.6 is 0 Å². The molecular formula is C13H16N2. The van der Waals surface area contributed by atoms with E-state index < -0.39 is 0 Å². The normalized spacial score (nSPS) is 25.9. The van der Waals surface area contributed by atoms with Crippen LogP contribution in [0.2, 0.25) is 0 Å². The first-order valence-corrected chi connectivity index (χ1v) is 5.56. The van der Waals surface area contributed by atoms with E-state index in [2.05, 4.69) is 12.1 Å². The van der Waals surface area contributed by atoms with Gasteiger partial charge in [0.1, 0.15) is 0 Å². The first kappa shape index (κ1) is 10.2. The van der Waals surface area contributed by atoms with Gasteiger partial charge in [-0.3, -0.25) is 0 Å². The van der Waals surface area contributed by atoms with Crippen LogP contribution in [-0.4, -0.2) is 6.04 Å². The van der Waals surface area contributed by atoms with Crippen molar-refractivity contribution in [2.24, 2.45) is 5.73 Å². The van der Waals surface area contributed by atoms with E-state index in [0.717, 1.165) is 18.4 Å². The van der Waals surface area contributed by atoms with E-state index in [4.69, 9.17) is 11.0 Å². The summed E-state index contributed by atoms with van der Waals surface area (Å²) in [4.78, 5) is 0. The number of nitriles is 1. The Bertz CT molecular complexity index is 378. The van der Waals surface area contributed by atoms with Gasteiger partial charge in [0.05, 0.1) is 11.6 Å². The molecule has 2 unspecified atom stereocenters. The number of benzene rings is 1. The molecule has 1 aromatic carbocycles. The van der Waals surface area contributed by atoms with Crippen LogP contribution in [0, 0.1) is 11.3 Å². The summed E-state index contributed by atoms with van der Waals surface area (Å²) in [6.45, 7) is 0. The van der Waals surface area contributed by atoms with Gasteiger partial charge >= 0.3 is 0 Å². The van der Waals surface area contributed by atoms with Gasteiger partial charge in [-0.25, -0.2) is 0 Å². The number of nitrogens with zero attached hydrogens (tertiary/aromatic N) is 1. The second kappa shape index (κ2) is 4.46. The molecule has 1 aromatic rings. The van der Waals surface area contributed by atoms with Crippen molar-refractivity contribution in [1.82, 2.24) is 0 Å². The Balaban J connectivity index is 2.25. The van der Waals surface area contributed by atoms with E-state index in [9.17, 15) is 0 Å². The molecule has 1 fully saturated rings. The summed E-state index contributed by atoms with van der Waals surface area (Å²) in [6, 6.07) is 10.5. The average molecular weight is 200 g/mol. The van der Waals surface area contributed by atoms with E-state index in [-0.39, 0.29) is 0 Å². The van der Waals surface area contributed by atoms with Gasteiger partial charge in [0.15, 0.2) is 0 Å². The molecule has 0 aliphatic heterocycles. The molecule has 0 radical (unpaired) electrons. The molecule has 2 atom stereocenters. The summed E-state index contributed by atoms with van der Waals surface area (Å²) in [5.74, 6) is 0.490. The molecule has 0 saturated heterocycles. The van der Waals surface area contributed by atoms with Crippen LogP contribution in [0.4, 0.5) is 0 Å². The number of hydrogen-bond acceptors (Lipinski definition) is 2. The fourth-order valence-electron chi connectivity index (χ4n) is 2.46. The summed E-state index contributed by atoms with van der Waals surface area (Å²) in [5, 5.41) is 9.03. The number of rotatable bonds is 1. The van der Waals surface area contributed by atoms with Crippen molar-refractivity contribution in [3.05, 3.63) is 35.4 Å². The molecule has 15 heavy (non-hydrogen) atoms. The minimum Gasteiger partial charge on any atom is -0.328 e. The number of hydrogen-bond donors (Lipinski definition) is 1. The van der Waals surface area contributed by atoms with Gasteiger partial charge in [-0.1, -0.05) is 24.6 Å². The molecule has 0 bridgehead atoms. The lowest BCUT2D eigenvalue weighted by molar-refractivity contribution is 0.393. The lowest BCUT2D eigenvalue weighted by atomic mass is 9.80. The van der Waals surface area contributed by atoms with Crippen LogP contribution in [0.1, 0.15) is 42.7 Å². The van der Waals surface area contributed by atoms with E-state index in [1.165, 1.54) is 18.4 Å². The van der Waals surface area contributed by atoms with Gasteiger partial charge in [0, 0.05) is 6.04 Å². The second-order valence-electron chi connectivity index (χ2n) is 4.32. The third-order valence-corrected chi connectivity index (χ3v) is 3.24. The van der Waals surface area contributed by atoms with Crippen LogP contribution in [0.15, 0.2) is 24.3 Å². The van der Waals surface area contributed by atoms with Gasteiger partial charge in [0.25, 0.3) is 0 Å². The molecule has 0 heterocycles. The quantitative estimate of drug-likeness (QED) is 0.757. The van der Waals surface area contributed by atoms with Crippen molar-refractivity contribution in [1.29, 1.82) is 5.26 Å². The molecule has 1 aliphatic rings. The van der Waals surface area contributed by atoms with Crippen LogP contribution in [-0.2, 0) is 0 Å². The maximum absolute atomic E-state index is 9.03. The molecular weight excluding hydrogens is 184 g/mol. The first-order chi connectivity index (χ1) is 7.31. The average Bonchev–Trinajstić information content (AvgIpc) is 2.29. The summed E-state index contributed by atoms with van der Waals surface area (Å²) < 4.78 is 0. The topological polar surface area (TPSA) is 49.8 Å². The second-order valence-corrected chi connectivity index (χ2v) is 4.32. The summed E-state index contributed by atoms with van der Waals surface area (Å²) in [6.07, 6.45) is 4.52. The van der Waals surface area contributed by atoms with Crippen LogP contribution in [0.5, 0.6) is 0 Å². The minimum atomic E-state index is 0.315. The molecule has 2 rings (SSSR count). The zero-order valence-electron chi connectivity index (χ0n) is 8.82. The van der Waals surface area contributed by atoms with Gasteiger partial charge in [0.2, 0.25) is 0 Å². The summed E-state index contributed by atoms with van der Waals surface area (Å²) in [5.41, 5.74) is 7.98. The van der Waals surface area contributed by atoms with Gasteiger partial charge in [-0.2, -0.15) is 5.26 Å². The van der Waals surface area contributed by atoms with Crippen molar-refractivity contribution in [2.75, 3.05) is 0 Å². The first-order valence-electron chi connectivity index (χ1n) is 5.56. The van der Waals surface area contributed by atoms with E-state index in [1.807, 2.05) is 18.2 Å². The molecule has 0 aromatic heterocycles. The third kappa shape index (κ3) is 2.19. The number of nitrogens with two attached hydrogens (primary N) is 1. The Labute approximate surface area is 90.7 Å².